The summed E-state index contributed by atoms with van der Waals surface area (Å²) in [6.07, 6.45) is 2.93. The number of amides is 2. The van der Waals surface area contributed by atoms with Crippen LogP contribution in [0.1, 0.15) is 25.7 Å². The molecule has 1 aromatic carbocycles. The van der Waals surface area contributed by atoms with Crippen molar-refractivity contribution >= 4 is 50.5 Å². The van der Waals surface area contributed by atoms with Crippen LogP contribution in [0, 0.1) is 0 Å². The molecular weight excluding hydrogens is 434 g/mol. The van der Waals surface area contributed by atoms with E-state index in [0.29, 0.717) is 27.9 Å². The maximum Gasteiger partial charge on any atom is 0.313 e. The lowest BCUT2D eigenvalue weighted by molar-refractivity contribution is -0.136. The Morgan fingerprint density at radius 1 is 1.17 bits per heavy atom. The first-order valence-electron chi connectivity index (χ1n) is 9.28. The number of rotatable bonds is 6. The van der Waals surface area contributed by atoms with Gasteiger partial charge in [-0.2, -0.15) is 4.31 Å². The zero-order chi connectivity index (χ0) is 20.9. The van der Waals surface area contributed by atoms with E-state index < -0.39 is 21.8 Å². The van der Waals surface area contributed by atoms with E-state index in [0.717, 1.165) is 19.3 Å². The van der Waals surface area contributed by atoms with Gasteiger partial charge in [-0.05, 0) is 48.9 Å². The van der Waals surface area contributed by atoms with Gasteiger partial charge in [-0.25, -0.2) is 8.42 Å². The quantitative estimate of drug-likeness (QED) is 0.654. The lowest BCUT2D eigenvalue weighted by atomic mass is 10.0. The zero-order valence-electron chi connectivity index (χ0n) is 15.6. The molecule has 2 aromatic rings. The molecule has 0 aliphatic carbocycles. The Labute approximate surface area is 179 Å². The summed E-state index contributed by atoms with van der Waals surface area (Å²) in [6.45, 7) is 0.678. The number of nitrogens with zero attached hydrogens (tertiary/aromatic N) is 1. The molecule has 1 atom stereocenters. The van der Waals surface area contributed by atoms with E-state index in [9.17, 15) is 18.0 Å². The fourth-order valence-electron chi connectivity index (χ4n) is 3.29. The number of sulfonamides is 1. The maximum absolute atomic E-state index is 12.9. The molecule has 1 saturated heterocycles. The van der Waals surface area contributed by atoms with Crippen molar-refractivity contribution in [1.29, 1.82) is 0 Å². The molecule has 3 rings (SSSR count). The standard InChI is InChI=1S/C19H22ClN3O4S2/c20-14-5-3-6-15(13-14)22-19(25)18(24)21-10-9-16-7-1-2-11-23(16)29(26,27)17-8-4-12-28-17/h3-6,8,12-13,16H,1-2,7,9-11H2,(H,21,24)(H,22,25). The minimum atomic E-state index is -3.53. The molecule has 156 valence electrons. The average Bonchev–Trinajstić information content (AvgIpc) is 3.24. The molecule has 29 heavy (non-hydrogen) atoms. The summed E-state index contributed by atoms with van der Waals surface area (Å²) in [5, 5.41) is 7.24. The van der Waals surface area contributed by atoms with E-state index >= 15 is 0 Å². The molecule has 7 nitrogen and oxygen atoms in total. The highest BCUT2D eigenvalue weighted by Crippen LogP contribution is 2.29. The Hall–Kier alpha value is -1.94. The van der Waals surface area contributed by atoms with Crippen LogP contribution in [0.5, 0.6) is 0 Å². The average molecular weight is 456 g/mol. The number of piperidine rings is 1. The van der Waals surface area contributed by atoms with Gasteiger partial charge in [0.05, 0.1) is 0 Å². The summed E-state index contributed by atoms with van der Waals surface area (Å²) in [5.41, 5.74) is 0.429. The summed E-state index contributed by atoms with van der Waals surface area (Å²) < 4.78 is 27.6. The van der Waals surface area contributed by atoms with Gasteiger partial charge in [-0.15, -0.1) is 11.3 Å². The van der Waals surface area contributed by atoms with Gasteiger partial charge in [0.25, 0.3) is 10.0 Å². The first kappa shape index (κ1) is 21.8. The lowest BCUT2D eigenvalue weighted by Gasteiger charge is -2.34. The number of benzene rings is 1. The van der Waals surface area contributed by atoms with Crippen LogP contribution in [-0.4, -0.2) is 43.7 Å². The first-order chi connectivity index (χ1) is 13.9. The molecule has 1 aliphatic rings. The van der Waals surface area contributed by atoms with Gasteiger partial charge in [0.1, 0.15) is 4.21 Å². The minimum absolute atomic E-state index is 0.202. The number of hydrogen-bond donors (Lipinski definition) is 2. The summed E-state index contributed by atoms with van der Waals surface area (Å²) in [4.78, 5) is 24.1. The van der Waals surface area contributed by atoms with E-state index in [-0.39, 0.29) is 12.6 Å². The number of carbonyl (C=O) groups excluding carboxylic acids is 2. The molecule has 0 spiro atoms. The molecule has 1 fully saturated rings. The highest BCUT2D eigenvalue weighted by molar-refractivity contribution is 7.91. The summed E-state index contributed by atoms with van der Waals surface area (Å²) in [5.74, 6) is -1.56. The van der Waals surface area contributed by atoms with Crippen LogP contribution in [0.3, 0.4) is 0 Å². The Balaban J connectivity index is 1.54. The van der Waals surface area contributed by atoms with Crippen LogP contribution >= 0.6 is 22.9 Å². The Morgan fingerprint density at radius 3 is 2.72 bits per heavy atom. The summed E-state index contributed by atoms with van der Waals surface area (Å²) >= 11 is 7.06. The van der Waals surface area contributed by atoms with E-state index in [2.05, 4.69) is 10.6 Å². The summed E-state index contributed by atoms with van der Waals surface area (Å²) in [6, 6.07) is 9.63. The number of halogens is 1. The van der Waals surface area contributed by atoms with Gasteiger partial charge in [0.2, 0.25) is 0 Å². The maximum atomic E-state index is 12.9. The topological polar surface area (TPSA) is 95.6 Å². The third kappa shape index (κ3) is 5.57. The molecule has 0 bridgehead atoms. The van der Waals surface area contributed by atoms with E-state index in [1.54, 1.807) is 41.8 Å². The Bertz CT molecular complexity index is 964. The first-order valence-corrected chi connectivity index (χ1v) is 12.0. The molecule has 10 heteroatoms. The Morgan fingerprint density at radius 2 is 2.00 bits per heavy atom. The highest BCUT2D eigenvalue weighted by atomic mass is 35.5. The van der Waals surface area contributed by atoms with Gasteiger partial charge < -0.3 is 10.6 Å². The van der Waals surface area contributed by atoms with Crippen LogP contribution in [-0.2, 0) is 19.6 Å². The van der Waals surface area contributed by atoms with Crippen LogP contribution in [0.15, 0.2) is 46.0 Å². The van der Waals surface area contributed by atoms with Crippen LogP contribution < -0.4 is 10.6 Å². The number of nitrogens with one attached hydrogen (secondary N) is 2. The second-order valence-corrected chi connectivity index (χ2v) is 10.2. The van der Waals surface area contributed by atoms with Crippen LogP contribution in [0.2, 0.25) is 5.02 Å². The summed E-state index contributed by atoms with van der Waals surface area (Å²) in [7, 11) is -3.53. The SMILES string of the molecule is O=C(NCCC1CCCCN1S(=O)(=O)c1cccs1)C(=O)Nc1cccc(Cl)c1. The fraction of sp³-hybridized carbons (Fsp3) is 0.368. The van der Waals surface area contributed by atoms with Crippen molar-refractivity contribution in [2.75, 3.05) is 18.4 Å². The normalized spacial score (nSPS) is 17.6. The second kappa shape index (κ2) is 9.71. The molecule has 2 heterocycles. The van der Waals surface area contributed by atoms with Crippen molar-refractivity contribution in [2.24, 2.45) is 0 Å². The van der Waals surface area contributed by atoms with Gasteiger partial charge in [0, 0.05) is 29.8 Å². The monoisotopic (exact) mass is 455 g/mol. The van der Waals surface area contributed by atoms with Crippen molar-refractivity contribution in [3.05, 3.63) is 46.8 Å². The van der Waals surface area contributed by atoms with Crippen molar-refractivity contribution in [3.8, 4) is 0 Å². The van der Waals surface area contributed by atoms with Crippen molar-refractivity contribution in [3.63, 3.8) is 0 Å². The molecular formula is C19H22ClN3O4S2. The van der Waals surface area contributed by atoms with E-state index in [4.69, 9.17) is 11.6 Å². The molecule has 1 unspecified atom stereocenters. The Kier molecular flexibility index (Phi) is 7.28. The van der Waals surface area contributed by atoms with Crippen LogP contribution in [0.25, 0.3) is 0 Å². The number of thiophene rings is 1. The van der Waals surface area contributed by atoms with Gasteiger partial charge >= 0.3 is 11.8 Å². The lowest BCUT2D eigenvalue weighted by Crippen LogP contribution is -2.45. The van der Waals surface area contributed by atoms with Crippen LogP contribution in [0.4, 0.5) is 5.69 Å². The van der Waals surface area contributed by atoms with Gasteiger partial charge in [0.15, 0.2) is 0 Å². The predicted octanol–water partition coefficient (Wildman–Crippen LogP) is 3.09. The highest BCUT2D eigenvalue weighted by Gasteiger charge is 2.33. The predicted molar refractivity (Wildman–Crippen MR) is 114 cm³/mol. The fourth-order valence-corrected chi connectivity index (χ4v) is 6.32. The minimum Gasteiger partial charge on any atom is -0.348 e. The molecule has 0 saturated carbocycles. The van der Waals surface area contributed by atoms with E-state index in [1.165, 1.54) is 15.6 Å². The van der Waals surface area contributed by atoms with Gasteiger partial charge in [-0.3, -0.25) is 9.59 Å². The largest absolute Gasteiger partial charge is 0.348 e. The third-order valence-corrected chi connectivity index (χ3v) is 8.24. The number of anilines is 1. The molecule has 1 aromatic heterocycles. The third-order valence-electron chi connectivity index (χ3n) is 4.68. The van der Waals surface area contributed by atoms with Crippen molar-refractivity contribution < 1.29 is 18.0 Å². The smallest absolute Gasteiger partial charge is 0.313 e. The molecule has 2 N–H and O–H groups in total. The molecule has 2 amide bonds. The number of hydrogen-bond acceptors (Lipinski definition) is 5. The second-order valence-electron chi connectivity index (χ2n) is 6.71. The zero-order valence-corrected chi connectivity index (χ0v) is 18.0. The van der Waals surface area contributed by atoms with Crippen molar-refractivity contribution in [1.82, 2.24) is 9.62 Å². The number of carbonyl (C=O) groups is 2. The van der Waals surface area contributed by atoms with E-state index in [1.807, 2.05) is 0 Å². The molecule has 1 aliphatic heterocycles. The van der Waals surface area contributed by atoms with Crippen molar-refractivity contribution in [2.45, 2.75) is 35.9 Å². The molecule has 0 radical (unpaired) electrons. The van der Waals surface area contributed by atoms with Gasteiger partial charge in [-0.1, -0.05) is 30.2 Å².